The van der Waals surface area contributed by atoms with E-state index in [0.717, 1.165) is 0 Å². The summed E-state index contributed by atoms with van der Waals surface area (Å²) in [5, 5.41) is 8.77. The van der Waals surface area contributed by atoms with Crippen LogP contribution >= 0.6 is 0 Å². The van der Waals surface area contributed by atoms with Gasteiger partial charge < -0.3 is 15.5 Å². The lowest BCUT2D eigenvalue weighted by Gasteiger charge is -2.00. The first-order chi connectivity index (χ1) is 7.66. The van der Waals surface area contributed by atoms with Gasteiger partial charge in [0.15, 0.2) is 0 Å². The average Bonchev–Trinajstić information content (AvgIpc) is 2.84. The van der Waals surface area contributed by atoms with Crippen LogP contribution in [0.5, 0.6) is 0 Å². The molecule has 0 fully saturated rings. The van der Waals surface area contributed by atoms with Crippen molar-refractivity contribution in [2.75, 3.05) is 5.73 Å². The maximum Gasteiger partial charge on any atom is 0.271 e. The molecule has 2 rings (SSSR count). The lowest BCUT2D eigenvalue weighted by atomic mass is 10.3. The predicted molar refractivity (Wildman–Crippen MR) is 55.4 cm³/mol. The first kappa shape index (κ1) is 10.2. The summed E-state index contributed by atoms with van der Waals surface area (Å²) in [6, 6.07) is 0. The maximum absolute atomic E-state index is 11.6. The molecule has 7 heteroatoms. The number of nitrogen functional groups attached to an aromatic ring is 1. The van der Waals surface area contributed by atoms with Crippen molar-refractivity contribution in [2.24, 2.45) is 0 Å². The van der Waals surface area contributed by atoms with Gasteiger partial charge in [0, 0.05) is 0 Å². The fourth-order valence-corrected chi connectivity index (χ4v) is 1.20. The third-order valence-corrected chi connectivity index (χ3v) is 1.97. The van der Waals surface area contributed by atoms with E-state index >= 15 is 0 Å². The highest BCUT2D eigenvalue weighted by Gasteiger charge is 2.12. The monoisotopic (exact) mass is 221 g/mol. The number of hydrogen-bond acceptors (Lipinski definition) is 5. The van der Waals surface area contributed by atoms with Gasteiger partial charge in [-0.3, -0.25) is 9.89 Å². The maximum atomic E-state index is 11.6. The molecule has 1 amide bonds. The normalized spacial score (nSPS) is 10.3. The Morgan fingerprint density at radius 3 is 3.00 bits per heavy atom. The Morgan fingerprint density at radius 2 is 2.44 bits per heavy atom. The minimum absolute atomic E-state index is 0.213. The van der Waals surface area contributed by atoms with E-state index < -0.39 is 0 Å². The number of nitrogens with one attached hydrogen (secondary N) is 2. The van der Waals surface area contributed by atoms with Gasteiger partial charge in [-0.25, -0.2) is 4.98 Å². The van der Waals surface area contributed by atoms with E-state index in [2.05, 4.69) is 20.5 Å². The molecule has 0 bridgehead atoms. The van der Waals surface area contributed by atoms with E-state index in [1.54, 1.807) is 13.1 Å². The minimum atomic E-state index is -0.342. The Morgan fingerprint density at radius 1 is 1.62 bits per heavy atom. The third kappa shape index (κ3) is 2.02. The predicted octanol–water partition coefficient (Wildman–Crippen LogP) is 0.218. The Labute approximate surface area is 91.0 Å². The molecule has 0 aliphatic heterocycles. The molecule has 2 aromatic heterocycles. The molecule has 0 unspecified atom stereocenters. The summed E-state index contributed by atoms with van der Waals surface area (Å²) in [6.07, 6.45) is 2.97. The zero-order chi connectivity index (χ0) is 11.5. The van der Waals surface area contributed by atoms with E-state index in [0.29, 0.717) is 17.3 Å². The smallest absolute Gasteiger partial charge is 0.271 e. The third-order valence-electron chi connectivity index (χ3n) is 1.97. The van der Waals surface area contributed by atoms with E-state index in [1.165, 1.54) is 6.20 Å². The molecule has 0 aliphatic carbocycles. The number of aryl methyl sites for hydroxylation is 1. The van der Waals surface area contributed by atoms with Crippen LogP contribution in [-0.4, -0.2) is 21.1 Å². The summed E-state index contributed by atoms with van der Waals surface area (Å²) in [5.74, 6) is 0.806. The highest BCUT2D eigenvalue weighted by Crippen LogP contribution is 2.06. The van der Waals surface area contributed by atoms with Gasteiger partial charge in [0.25, 0.3) is 5.91 Å². The molecule has 0 saturated heterocycles. The van der Waals surface area contributed by atoms with Gasteiger partial charge in [-0.05, 0) is 6.92 Å². The number of anilines is 1. The largest absolute Gasteiger partial charge is 0.444 e. The molecule has 84 valence electrons. The Balaban J connectivity index is 1.96. The standard InChI is InChI=1S/C9H11N5O2/c1-5-2-11-7(16-5)4-12-9(15)8-6(10)3-13-14-8/h2-3H,4,10H2,1H3,(H,12,15)(H,13,14). The van der Waals surface area contributed by atoms with E-state index in [4.69, 9.17) is 10.2 Å². The van der Waals surface area contributed by atoms with Crippen LogP contribution in [0, 0.1) is 6.92 Å². The highest BCUT2D eigenvalue weighted by molar-refractivity contribution is 5.96. The molecule has 4 N–H and O–H groups in total. The van der Waals surface area contributed by atoms with Crippen molar-refractivity contribution in [3.8, 4) is 0 Å². The highest BCUT2D eigenvalue weighted by atomic mass is 16.4. The lowest BCUT2D eigenvalue weighted by Crippen LogP contribution is -2.24. The van der Waals surface area contributed by atoms with Crippen molar-refractivity contribution in [2.45, 2.75) is 13.5 Å². The van der Waals surface area contributed by atoms with Gasteiger partial charge in [0.2, 0.25) is 5.89 Å². The number of nitrogens with two attached hydrogens (primary N) is 1. The number of carbonyl (C=O) groups excluding carboxylic acids is 1. The molecule has 2 aromatic rings. The van der Waals surface area contributed by atoms with Gasteiger partial charge in [0.05, 0.1) is 24.6 Å². The zero-order valence-electron chi connectivity index (χ0n) is 8.65. The summed E-state index contributed by atoms with van der Waals surface area (Å²) in [6.45, 7) is 2.00. The van der Waals surface area contributed by atoms with Crippen LogP contribution in [-0.2, 0) is 6.54 Å². The lowest BCUT2D eigenvalue weighted by molar-refractivity contribution is 0.0943. The molecule has 0 spiro atoms. The van der Waals surface area contributed by atoms with Crippen molar-refractivity contribution >= 4 is 11.6 Å². The number of rotatable bonds is 3. The molecule has 7 nitrogen and oxygen atoms in total. The quantitative estimate of drug-likeness (QED) is 0.686. The van der Waals surface area contributed by atoms with Crippen LogP contribution in [0.3, 0.4) is 0 Å². The molecule has 0 aromatic carbocycles. The van der Waals surface area contributed by atoms with Crippen molar-refractivity contribution in [3.05, 3.63) is 29.7 Å². The van der Waals surface area contributed by atoms with E-state index in [-0.39, 0.29) is 18.1 Å². The summed E-state index contributed by atoms with van der Waals surface area (Å²) in [5.41, 5.74) is 6.07. The molecule has 16 heavy (non-hydrogen) atoms. The fraction of sp³-hybridized carbons (Fsp3) is 0.222. The van der Waals surface area contributed by atoms with Gasteiger partial charge in [0.1, 0.15) is 11.5 Å². The number of oxazole rings is 1. The Bertz CT molecular complexity index is 501. The SMILES string of the molecule is Cc1cnc(CNC(=O)c2[nH]ncc2N)o1. The second-order valence-electron chi connectivity index (χ2n) is 3.25. The number of carbonyl (C=O) groups is 1. The van der Waals surface area contributed by atoms with E-state index in [9.17, 15) is 4.79 Å². The van der Waals surface area contributed by atoms with Crippen molar-refractivity contribution in [3.63, 3.8) is 0 Å². The van der Waals surface area contributed by atoms with Gasteiger partial charge in [-0.1, -0.05) is 0 Å². The topological polar surface area (TPSA) is 110 Å². The second-order valence-corrected chi connectivity index (χ2v) is 3.25. The van der Waals surface area contributed by atoms with Gasteiger partial charge in [-0.2, -0.15) is 5.10 Å². The molecule has 0 aliphatic rings. The molecule has 0 atom stereocenters. The molecular formula is C9H11N5O2. The summed E-state index contributed by atoms with van der Waals surface area (Å²) in [4.78, 5) is 15.5. The Hall–Kier alpha value is -2.31. The summed E-state index contributed by atoms with van der Waals surface area (Å²) >= 11 is 0. The fourth-order valence-electron chi connectivity index (χ4n) is 1.20. The Kier molecular flexibility index (Phi) is 2.59. The number of aromatic amines is 1. The van der Waals surface area contributed by atoms with Crippen molar-refractivity contribution in [1.29, 1.82) is 0 Å². The van der Waals surface area contributed by atoms with Crippen molar-refractivity contribution < 1.29 is 9.21 Å². The number of nitrogens with zero attached hydrogens (tertiary/aromatic N) is 2. The van der Waals surface area contributed by atoms with Crippen LogP contribution in [0.2, 0.25) is 0 Å². The molecule has 0 radical (unpaired) electrons. The number of hydrogen-bond donors (Lipinski definition) is 3. The minimum Gasteiger partial charge on any atom is -0.444 e. The second kappa shape index (κ2) is 4.05. The van der Waals surface area contributed by atoms with Gasteiger partial charge >= 0.3 is 0 Å². The first-order valence-electron chi connectivity index (χ1n) is 4.65. The van der Waals surface area contributed by atoms with Crippen LogP contribution in [0.25, 0.3) is 0 Å². The zero-order valence-corrected chi connectivity index (χ0v) is 8.65. The molecule has 0 saturated carbocycles. The summed E-state index contributed by atoms with van der Waals surface area (Å²) < 4.78 is 5.20. The molecule has 2 heterocycles. The first-order valence-corrected chi connectivity index (χ1v) is 4.65. The van der Waals surface area contributed by atoms with Gasteiger partial charge in [-0.15, -0.1) is 0 Å². The van der Waals surface area contributed by atoms with Crippen LogP contribution < -0.4 is 11.1 Å². The van der Waals surface area contributed by atoms with Crippen LogP contribution in [0.1, 0.15) is 22.1 Å². The average molecular weight is 221 g/mol. The van der Waals surface area contributed by atoms with Crippen LogP contribution in [0.4, 0.5) is 5.69 Å². The molecular weight excluding hydrogens is 210 g/mol. The number of H-pyrrole nitrogens is 1. The summed E-state index contributed by atoms with van der Waals surface area (Å²) in [7, 11) is 0. The number of amides is 1. The van der Waals surface area contributed by atoms with E-state index in [1.807, 2.05) is 0 Å². The van der Waals surface area contributed by atoms with Crippen molar-refractivity contribution in [1.82, 2.24) is 20.5 Å². The number of aromatic nitrogens is 3. The van der Waals surface area contributed by atoms with Crippen LogP contribution in [0.15, 0.2) is 16.8 Å².